The molecule has 2 aromatic carbocycles. The molecule has 22 heavy (non-hydrogen) atoms. The Labute approximate surface area is 132 Å². The smallest absolute Gasteiger partial charge is 0.170 e. The van der Waals surface area contributed by atoms with Crippen molar-refractivity contribution in [2.45, 2.75) is 46.0 Å². The maximum absolute atomic E-state index is 5.65. The van der Waals surface area contributed by atoms with Crippen LogP contribution < -0.4 is 0 Å². The molecule has 0 aliphatic rings. The monoisotopic (exact) mass is 293 g/mol. The van der Waals surface area contributed by atoms with E-state index in [1.54, 1.807) is 0 Å². The average molecular weight is 293 g/mol. The van der Waals surface area contributed by atoms with E-state index >= 15 is 0 Å². The Balaban J connectivity index is 1.94. The van der Waals surface area contributed by atoms with Crippen LogP contribution in [0.3, 0.4) is 0 Å². The summed E-state index contributed by atoms with van der Waals surface area (Å²) >= 11 is 0. The first-order valence-electron chi connectivity index (χ1n) is 8.00. The van der Waals surface area contributed by atoms with E-state index in [0.717, 1.165) is 23.1 Å². The Kier molecular flexibility index (Phi) is 4.02. The molecule has 0 radical (unpaired) electrons. The highest BCUT2D eigenvalue weighted by molar-refractivity contribution is 5.83. The Morgan fingerprint density at radius 3 is 2.55 bits per heavy atom. The summed E-state index contributed by atoms with van der Waals surface area (Å²) in [6, 6.07) is 15.1. The van der Waals surface area contributed by atoms with Gasteiger partial charge in [0.15, 0.2) is 5.58 Å². The summed E-state index contributed by atoms with van der Waals surface area (Å²) < 4.78 is 5.65. The quantitative estimate of drug-likeness (QED) is 0.625. The van der Waals surface area contributed by atoms with Crippen LogP contribution in [-0.2, 0) is 6.42 Å². The van der Waals surface area contributed by atoms with Crippen LogP contribution in [0.1, 0.15) is 55.0 Å². The zero-order valence-corrected chi connectivity index (χ0v) is 13.8. The summed E-state index contributed by atoms with van der Waals surface area (Å²) in [5.74, 6) is 0.837. The number of hydrogen-bond acceptors (Lipinski definition) is 2. The molecule has 0 aliphatic carbocycles. The van der Waals surface area contributed by atoms with Gasteiger partial charge < -0.3 is 4.52 Å². The summed E-state index contributed by atoms with van der Waals surface area (Å²) in [6.07, 6.45) is 0.966. The number of nitrogens with zero attached hydrogens (tertiary/aromatic N) is 1. The minimum absolute atomic E-state index is 0.380. The Morgan fingerprint density at radius 2 is 1.82 bits per heavy atom. The molecule has 0 N–H and O–H groups in total. The molecule has 1 aromatic heterocycles. The van der Waals surface area contributed by atoms with Gasteiger partial charge in [-0.15, -0.1) is 0 Å². The SMILES string of the molecule is Cc1cccc(C(C)Cc2cccc3c(C(C)C)noc23)c1. The normalized spacial score (nSPS) is 13.0. The van der Waals surface area contributed by atoms with E-state index < -0.39 is 0 Å². The Bertz CT molecular complexity index is 785. The van der Waals surface area contributed by atoms with Gasteiger partial charge >= 0.3 is 0 Å². The zero-order valence-electron chi connectivity index (χ0n) is 13.8. The summed E-state index contributed by atoms with van der Waals surface area (Å²) in [4.78, 5) is 0. The second-order valence-electron chi connectivity index (χ2n) is 6.54. The molecule has 1 unspecified atom stereocenters. The van der Waals surface area contributed by atoms with Crippen molar-refractivity contribution in [3.63, 3.8) is 0 Å². The molecule has 0 spiro atoms. The van der Waals surface area contributed by atoms with Crippen LogP contribution in [-0.4, -0.2) is 5.16 Å². The van der Waals surface area contributed by atoms with Crippen molar-refractivity contribution in [1.82, 2.24) is 5.16 Å². The van der Waals surface area contributed by atoms with Gasteiger partial charge in [-0.2, -0.15) is 0 Å². The number of rotatable bonds is 4. The van der Waals surface area contributed by atoms with Gasteiger partial charge in [0, 0.05) is 5.39 Å². The summed E-state index contributed by atoms with van der Waals surface area (Å²) in [7, 11) is 0. The second-order valence-corrected chi connectivity index (χ2v) is 6.54. The first-order chi connectivity index (χ1) is 10.6. The maximum atomic E-state index is 5.65. The van der Waals surface area contributed by atoms with Gasteiger partial charge in [0.1, 0.15) is 0 Å². The van der Waals surface area contributed by atoms with Gasteiger partial charge in [-0.05, 0) is 42.4 Å². The van der Waals surface area contributed by atoms with Crippen molar-refractivity contribution in [3.8, 4) is 0 Å². The minimum atomic E-state index is 0.380. The number of hydrogen-bond donors (Lipinski definition) is 0. The Hall–Kier alpha value is -2.09. The molecule has 1 heterocycles. The molecule has 3 rings (SSSR count). The molecular formula is C20H23NO. The fraction of sp³-hybridized carbons (Fsp3) is 0.350. The lowest BCUT2D eigenvalue weighted by Gasteiger charge is -2.13. The lowest BCUT2D eigenvalue weighted by molar-refractivity contribution is 0.439. The van der Waals surface area contributed by atoms with Crippen LogP contribution in [0.5, 0.6) is 0 Å². The fourth-order valence-corrected chi connectivity index (χ4v) is 3.04. The molecule has 2 nitrogen and oxygen atoms in total. The van der Waals surface area contributed by atoms with Crippen LogP contribution in [0.15, 0.2) is 47.0 Å². The number of benzene rings is 2. The third-order valence-corrected chi connectivity index (χ3v) is 4.29. The topological polar surface area (TPSA) is 26.0 Å². The van der Waals surface area contributed by atoms with Crippen molar-refractivity contribution in [2.75, 3.05) is 0 Å². The van der Waals surface area contributed by atoms with Gasteiger partial charge in [0.25, 0.3) is 0 Å². The molecule has 2 heteroatoms. The van der Waals surface area contributed by atoms with E-state index in [2.05, 4.69) is 75.3 Å². The van der Waals surface area contributed by atoms with Crippen LogP contribution >= 0.6 is 0 Å². The molecule has 1 atom stereocenters. The maximum Gasteiger partial charge on any atom is 0.170 e. The van der Waals surface area contributed by atoms with Crippen LogP contribution in [0, 0.1) is 6.92 Å². The first kappa shape index (κ1) is 14.8. The van der Waals surface area contributed by atoms with Crippen molar-refractivity contribution in [3.05, 3.63) is 64.8 Å². The van der Waals surface area contributed by atoms with Gasteiger partial charge in [-0.1, -0.05) is 67.9 Å². The summed E-state index contributed by atoms with van der Waals surface area (Å²) in [6.45, 7) is 8.72. The number of fused-ring (bicyclic) bond motifs is 1. The third-order valence-electron chi connectivity index (χ3n) is 4.29. The molecular weight excluding hydrogens is 270 g/mol. The number of para-hydroxylation sites is 1. The standard InChI is InChI=1S/C20H23NO/c1-13(2)19-18-10-6-9-17(20(18)22-21-19)12-15(4)16-8-5-7-14(3)11-16/h5-11,13,15H,12H2,1-4H3. The van der Waals surface area contributed by atoms with E-state index in [-0.39, 0.29) is 0 Å². The van der Waals surface area contributed by atoms with E-state index in [9.17, 15) is 0 Å². The predicted octanol–water partition coefficient (Wildman–Crippen LogP) is 5.61. The molecule has 3 aromatic rings. The number of aryl methyl sites for hydroxylation is 1. The molecule has 0 saturated carbocycles. The van der Waals surface area contributed by atoms with Gasteiger partial charge in [-0.25, -0.2) is 0 Å². The van der Waals surface area contributed by atoms with Crippen LogP contribution in [0.4, 0.5) is 0 Å². The van der Waals surface area contributed by atoms with Crippen molar-refractivity contribution < 1.29 is 4.52 Å². The van der Waals surface area contributed by atoms with E-state index in [1.807, 2.05) is 0 Å². The van der Waals surface area contributed by atoms with Gasteiger partial charge in [0.05, 0.1) is 5.69 Å². The van der Waals surface area contributed by atoms with Crippen molar-refractivity contribution in [1.29, 1.82) is 0 Å². The molecule has 0 bridgehead atoms. The summed E-state index contributed by atoms with van der Waals surface area (Å²) in [5.41, 5.74) is 5.93. The van der Waals surface area contributed by atoms with Crippen LogP contribution in [0.25, 0.3) is 11.0 Å². The zero-order chi connectivity index (χ0) is 15.7. The van der Waals surface area contributed by atoms with E-state index in [1.165, 1.54) is 16.7 Å². The first-order valence-corrected chi connectivity index (χ1v) is 8.00. The lowest BCUT2D eigenvalue weighted by atomic mass is 9.91. The third kappa shape index (κ3) is 2.78. The highest BCUT2D eigenvalue weighted by atomic mass is 16.5. The minimum Gasteiger partial charge on any atom is -0.356 e. The lowest BCUT2D eigenvalue weighted by Crippen LogP contribution is -1.99. The molecule has 114 valence electrons. The van der Waals surface area contributed by atoms with E-state index in [4.69, 9.17) is 4.52 Å². The van der Waals surface area contributed by atoms with Crippen molar-refractivity contribution >= 4 is 11.0 Å². The van der Waals surface area contributed by atoms with Crippen LogP contribution in [0.2, 0.25) is 0 Å². The number of aromatic nitrogens is 1. The molecule has 0 aliphatic heterocycles. The average Bonchev–Trinajstić information content (AvgIpc) is 2.92. The highest BCUT2D eigenvalue weighted by Crippen LogP contribution is 2.30. The fourth-order valence-electron chi connectivity index (χ4n) is 3.04. The highest BCUT2D eigenvalue weighted by Gasteiger charge is 2.16. The van der Waals surface area contributed by atoms with E-state index in [0.29, 0.717) is 11.8 Å². The molecule has 0 fully saturated rings. The molecule has 0 amide bonds. The summed E-state index contributed by atoms with van der Waals surface area (Å²) in [5, 5.41) is 5.43. The molecule has 0 saturated heterocycles. The van der Waals surface area contributed by atoms with Gasteiger partial charge in [-0.3, -0.25) is 0 Å². The Morgan fingerprint density at radius 1 is 1.05 bits per heavy atom. The van der Waals surface area contributed by atoms with Crippen molar-refractivity contribution in [2.24, 2.45) is 0 Å². The largest absolute Gasteiger partial charge is 0.356 e. The second kappa shape index (κ2) is 5.96. The predicted molar refractivity (Wildman–Crippen MR) is 91.4 cm³/mol. The van der Waals surface area contributed by atoms with Gasteiger partial charge in [0.2, 0.25) is 0 Å².